The van der Waals surface area contributed by atoms with Gasteiger partial charge in [0, 0.05) is 11.5 Å². The second-order valence-corrected chi connectivity index (χ2v) is 5.61. The van der Waals surface area contributed by atoms with Gasteiger partial charge in [0.1, 0.15) is 11.5 Å². The number of hydrogen-bond acceptors (Lipinski definition) is 6. The van der Waals surface area contributed by atoms with E-state index in [1.54, 1.807) is 0 Å². The van der Waals surface area contributed by atoms with Crippen LogP contribution in [0.15, 0.2) is 27.5 Å². The number of carbonyl (C=O) groups is 1. The van der Waals surface area contributed by atoms with Crippen LogP contribution in [0.5, 0.6) is 0 Å². The van der Waals surface area contributed by atoms with Gasteiger partial charge in [0.25, 0.3) is 5.91 Å². The summed E-state index contributed by atoms with van der Waals surface area (Å²) in [4.78, 5) is 28.6. The quantitative estimate of drug-likeness (QED) is 0.614. The molecule has 2 rings (SSSR count). The summed E-state index contributed by atoms with van der Waals surface area (Å²) in [5.41, 5.74) is -2.48. The summed E-state index contributed by atoms with van der Waals surface area (Å²) >= 11 is 3.08. The van der Waals surface area contributed by atoms with Gasteiger partial charge in [-0.05, 0) is 18.2 Å². The van der Waals surface area contributed by atoms with Crippen molar-refractivity contribution < 1.29 is 23.5 Å². The number of nitrogens with one attached hydrogen (secondary N) is 2. The van der Waals surface area contributed by atoms with Gasteiger partial charge >= 0.3 is 5.56 Å². The van der Waals surface area contributed by atoms with E-state index in [1.165, 1.54) is 19.2 Å². The third kappa shape index (κ3) is 4.38. The normalized spacial score (nSPS) is 10.6. The first-order chi connectivity index (χ1) is 11.8. The molecule has 2 aromatic rings. The van der Waals surface area contributed by atoms with Gasteiger partial charge in [-0.2, -0.15) is 9.49 Å². The largest absolute Gasteiger partial charge is 0.394 e. The third-order valence-electron chi connectivity index (χ3n) is 2.98. The molecule has 1 amide bonds. The molecule has 1 aromatic carbocycles. The lowest BCUT2D eigenvalue weighted by molar-refractivity contribution is -0.114. The molecule has 0 aliphatic heterocycles. The second kappa shape index (κ2) is 8.14. The minimum atomic E-state index is -1.34. The molecule has 0 spiro atoms. The molecule has 25 heavy (non-hydrogen) atoms. The Morgan fingerprint density at radius 2 is 2.20 bits per heavy atom. The van der Waals surface area contributed by atoms with Crippen molar-refractivity contribution in [2.45, 2.75) is 0 Å². The van der Waals surface area contributed by atoms with E-state index >= 15 is 0 Å². The van der Waals surface area contributed by atoms with E-state index in [-0.39, 0.29) is 18.9 Å². The molecule has 0 fully saturated rings. The molecule has 8 nitrogen and oxygen atoms in total. The summed E-state index contributed by atoms with van der Waals surface area (Å²) in [7, 11) is 1.21. The summed E-state index contributed by atoms with van der Waals surface area (Å²) in [5, 5.41) is 17.1. The number of carbonyl (C=O) groups excluding carboxylic acids is 1. The average Bonchev–Trinajstić information content (AvgIpc) is 2.58. The summed E-state index contributed by atoms with van der Waals surface area (Å²) in [6.45, 7) is -0.529. The molecule has 0 radical (unpaired) electrons. The third-order valence-corrected chi connectivity index (χ3v) is 3.47. The molecule has 0 saturated carbocycles. The van der Waals surface area contributed by atoms with E-state index < -0.39 is 34.5 Å². The maximum absolute atomic E-state index is 14.2. The summed E-state index contributed by atoms with van der Waals surface area (Å²) in [6, 6.07) is 3.90. The highest BCUT2D eigenvalue weighted by atomic mass is 79.9. The number of aliphatic hydroxyl groups is 1. The zero-order valence-electron chi connectivity index (χ0n) is 12.8. The van der Waals surface area contributed by atoms with E-state index in [2.05, 4.69) is 26.3 Å². The number of hydrogen-bond donors (Lipinski definition) is 3. The first-order valence-corrected chi connectivity index (χ1v) is 7.66. The van der Waals surface area contributed by atoms with Crippen LogP contribution >= 0.6 is 15.9 Å². The number of anilines is 2. The van der Waals surface area contributed by atoms with Crippen molar-refractivity contribution in [1.82, 2.24) is 15.3 Å². The molecule has 11 heteroatoms. The lowest BCUT2D eigenvalue weighted by Crippen LogP contribution is -2.31. The van der Waals surface area contributed by atoms with E-state index in [0.717, 1.165) is 6.07 Å². The topological polar surface area (TPSA) is 108 Å². The van der Waals surface area contributed by atoms with Gasteiger partial charge < -0.3 is 10.4 Å². The van der Waals surface area contributed by atoms with Crippen LogP contribution in [0.2, 0.25) is 0 Å². The maximum Gasteiger partial charge on any atom is 0.302 e. The zero-order chi connectivity index (χ0) is 18.6. The predicted molar refractivity (Wildman–Crippen MR) is 87.3 cm³/mol. The second-order valence-electron chi connectivity index (χ2n) is 4.70. The van der Waals surface area contributed by atoms with Crippen molar-refractivity contribution in [2.24, 2.45) is 0 Å². The van der Waals surface area contributed by atoms with Crippen molar-refractivity contribution in [3.8, 4) is 0 Å². The number of aliphatic hydroxyl groups excluding tert-OH is 1. The number of benzene rings is 1. The predicted octanol–water partition coefficient (Wildman–Crippen LogP) is 1.55. The molecule has 3 N–H and O–H groups in total. The summed E-state index contributed by atoms with van der Waals surface area (Å²) in [6.07, 6.45) is 0. The van der Waals surface area contributed by atoms with Crippen LogP contribution in [0.25, 0.3) is 0 Å². The van der Waals surface area contributed by atoms with Crippen LogP contribution in [0.4, 0.5) is 20.2 Å². The van der Waals surface area contributed by atoms with Crippen molar-refractivity contribution in [1.29, 1.82) is 0 Å². The Morgan fingerprint density at radius 3 is 2.84 bits per heavy atom. The average molecular weight is 419 g/mol. The van der Waals surface area contributed by atoms with Crippen LogP contribution in [-0.4, -0.2) is 46.5 Å². The number of rotatable bonds is 6. The minimum Gasteiger partial charge on any atom is -0.394 e. The van der Waals surface area contributed by atoms with E-state index in [9.17, 15) is 18.4 Å². The maximum atomic E-state index is 14.2. The Labute approximate surface area is 148 Å². The van der Waals surface area contributed by atoms with Gasteiger partial charge in [0.15, 0.2) is 5.69 Å². The summed E-state index contributed by atoms with van der Waals surface area (Å²) in [5.74, 6) is -2.99. The fourth-order valence-corrected chi connectivity index (χ4v) is 2.14. The number of nitrogens with zero attached hydrogens (tertiary/aromatic N) is 2. The molecular weight excluding hydrogens is 406 g/mol. The lowest BCUT2D eigenvalue weighted by Gasteiger charge is -2.18. The molecule has 0 aliphatic rings. The van der Waals surface area contributed by atoms with Crippen molar-refractivity contribution in [3.63, 3.8) is 0 Å². The number of halogens is 3. The number of H-pyrrole nitrogens is 1. The van der Waals surface area contributed by atoms with E-state index in [1.807, 2.05) is 5.10 Å². The molecule has 134 valence electrons. The van der Waals surface area contributed by atoms with Crippen molar-refractivity contribution in [2.75, 3.05) is 25.6 Å². The lowest BCUT2D eigenvalue weighted by atomic mass is 10.2. The van der Waals surface area contributed by atoms with Crippen molar-refractivity contribution >= 4 is 33.2 Å². The Morgan fingerprint density at radius 1 is 1.48 bits per heavy atom. The molecule has 0 saturated heterocycles. The number of aromatic nitrogens is 2. The van der Waals surface area contributed by atoms with E-state index in [0.29, 0.717) is 9.54 Å². The molecule has 1 heterocycles. The zero-order valence-corrected chi connectivity index (χ0v) is 14.4. The molecule has 0 atom stereocenters. The highest BCUT2D eigenvalue weighted by Crippen LogP contribution is 2.26. The Kier molecular flexibility index (Phi) is 6.17. The number of amides is 1. The molecular formula is C14H13BrF2N4O4. The SMILES string of the molecule is CN(OCCO)C(=O)c1n[nH]c(=O)c(F)c1Nc1ccc(Br)cc1F. The molecule has 1 aromatic heterocycles. The van der Waals surface area contributed by atoms with Gasteiger partial charge in [-0.1, -0.05) is 15.9 Å². The van der Waals surface area contributed by atoms with Crippen LogP contribution < -0.4 is 10.9 Å². The van der Waals surface area contributed by atoms with Gasteiger partial charge in [-0.25, -0.2) is 14.6 Å². The smallest absolute Gasteiger partial charge is 0.302 e. The van der Waals surface area contributed by atoms with Gasteiger partial charge in [0.05, 0.1) is 18.9 Å². The van der Waals surface area contributed by atoms with Crippen LogP contribution in [0, 0.1) is 11.6 Å². The Hall–Kier alpha value is -2.37. The first-order valence-electron chi connectivity index (χ1n) is 6.87. The molecule has 0 aliphatic carbocycles. The highest BCUT2D eigenvalue weighted by Gasteiger charge is 2.24. The molecule has 0 unspecified atom stereocenters. The number of aromatic amines is 1. The minimum absolute atomic E-state index is 0.164. The number of hydroxylamine groups is 2. The fourth-order valence-electron chi connectivity index (χ4n) is 1.81. The Balaban J connectivity index is 2.43. The summed E-state index contributed by atoms with van der Waals surface area (Å²) < 4.78 is 28.6. The fraction of sp³-hybridized carbons (Fsp3) is 0.214. The van der Waals surface area contributed by atoms with Gasteiger partial charge in [-0.3, -0.25) is 14.4 Å². The Bertz CT molecular complexity index is 846. The monoisotopic (exact) mass is 418 g/mol. The highest BCUT2D eigenvalue weighted by molar-refractivity contribution is 9.10. The standard InChI is InChI=1S/C14H13BrF2N4O4/c1-21(25-5-4-22)14(24)12-11(10(17)13(23)20-19-12)18-9-3-2-7(15)6-8(9)16/h2-3,6,22H,4-5H2,1H3,(H2,18,20,23). The van der Waals surface area contributed by atoms with Gasteiger partial charge in [-0.15, -0.1) is 0 Å². The van der Waals surface area contributed by atoms with Crippen LogP contribution in [0.3, 0.4) is 0 Å². The first kappa shape index (κ1) is 19.0. The molecule has 0 bridgehead atoms. The van der Waals surface area contributed by atoms with E-state index in [4.69, 9.17) is 9.94 Å². The van der Waals surface area contributed by atoms with Crippen LogP contribution in [-0.2, 0) is 4.84 Å². The van der Waals surface area contributed by atoms with Crippen LogP contribution in [0.1, 0.15) is 10.5 Å². The van der Waals surface area contributed by atoms with Gasteiger partial charge in [0.2, 0.25) is 5.82 Å². The van der Waals surface area contributed by atoms with Crippen molar-refractivity contribution in [3.05, 3.63) is 50.4 Å².